The van der Waals surface area contributed by atoms with E-state index in [0.29, 0.717) is 5.57 Å². The van der Waals surface area contributed by atoms with Gasteiger partial charge in [0.2, 0.25) is 0 Å². The normalized spacial score (nSPS) is 41.1. The number of hydrogen-bond donors (Lipinski definition) is 2. The zero-order valence-corrected chi connectivity index (χ0v) is 26.0. The summed E-state index contributed by atoms with van der Waals surface area (Å²) in [6.45, 7) is 12.5. The number of rotatable bonds is 5. The van der Waals surface area contributed by atoms with Crippen molar-refractivity contribution in [3.05, 3.63) is 11.1 Å². The lowest BCUT2D eigenvalue weighted by Gasteiger charge is -2.64. The third-order valence-electron chi connectivity index (χ3n) is 9.98. The minimum absolute atomic E-state index is 0.00967. The van der Waals surface area contributed by atoms with E-state index in [4.69, 9.17) is 28.4 Å². The zero-order valence-electron chi connectivity index (χ0n) is 26.0. The molecule has 3 aliphatic carbocycles. The van der Waals surface area contributed by atoms with Crippen LogP contribution in [0.3, 0.4) is 0 Å². The molecule has 0 aromatic carbocycles. The van der Waals surface area contributed by atoms with Crippen LogP contribution in [-0.2, 0) is 52.4 Å². The van der Waals surface area contributed by atoms with Gasteiger partial charge in [-0.25, -0.2) is 0 Å². The highest BCUT2D eigenvalue weighted by Crippen LogP contribution is 2.66. The first-order chi connectivity index (χ1) is 19.7. The van der Waals surface area contributed by atoms with Crippen molar-refractivity contribution in [1.82, 2.24) is 0 Å². The van der Waals surface area contributed by atoms with Crippen LogP contribution in [0, 0.1) is 16.7 Å². The van der Waals surface area contributed by atoms with E-state index in [1.54, 1.807) is 27.7 Å². The Balaban J connectivity index is 2.14. The average Bonchev–Trinajstić information content (AvgIpc) is 3.63. The summed E-state index contributed by atoms with van der Waals surface area (Å²) < 4.78 is 35.1. The van der Waals surface area contributed by atoms with Crippen molar-refractivity contribution in [2.75, 3.05) is 6.61 Å². The lowest BCUT2D eigenvalue weighted by Crippen LogP contribution is -2.76. The van der Waals surface area contributed by atoms with Crippen molar-refractivity contribution in [3.63, 3.8) is 0 Å². The summed E-state index contributed by atoms with van der Waals surface area (Å²) in [5.74, 6) is -4.72. The molecular formula is C30H42O13. The summed E-state index contributed by atoms with van der Waals surface area (Å²) in [4.78, 5) is 62.4. The number of carbonyl (C=O) groups is 5. The summed E-state index contributed by atoms with van der Waals surface area (Å²) >= 11 is 0. The second kappa shape index (κ2) is 10.8. The molecule has 13 heteroatoms. The number of esters is 5. The van der Waals surface area contributed by atoms with Gasteiger partial charge in [0.25, 0.3) is 0 Å². The van der Waals surface area contributed by atoms with Crippen molar-refractivity contribution in [2.24, 2.45) is 16.7 Å². The molecule has 1 spiro atoms. The Morgan fingerprint density at radius 1 is 0.767 bits per heavy atom. The van der Waals surface area contributed by atoms with Gasteiger partial charge in [-0.1, -0.05) is 20.8 Å². The Bertz CT molecular complexity index is 1250. The first-order valence-electron chi connectivity index (χ1n) is 14.4. The maximum Gasteiger partial charge on any atom is 0.303 e. The third kappa shape index (κ3) is 5.12. The molecule has 43 heavy (non-hydrogen) atoms. The van der Waals surface area contributed by atoms with E-state index in [-0.39, 0.29) is 25.0 Å². The molecule has 4 rings (SSSR count). The van der Waals surface area contributed by atoms with E-state index in [9.17, 15) is 34.2 Å². The number of fused-ring (bicyclic) bond motifs is 4. The lowest BCUT2D eigenvalue weighted by molar-refractivity contribution is -0.283. The van der Waals surface area contributed by atoms with Gasteiger partial charge in [-0.05, 0) is 18.1 Å². The molecule has 4 aliphatic rings. The van der Waals surface area contributed by atoms with Crippen molar-refractivity contribution < 1.29 is 62.6 Å². The Morgan fingerprint density at radius 2 is 1.23 bits per heavy atom. The van der Waals surface area contributed by atoms with E-state index in [2.05, 4.69) is 0 Å². The van der Waals surface area contributed by atoms with Gasteiger partial charge in [0.05, 0.1) is 12.0 Å². The molecule has 2 saturated carbocycles. The molecule has 0 unspecified atom stereocenters. The van der Waals surface area contributed by atoms with Crippen LogP contribution in [0.1, 0.15) is 75.2 Å². The Kier molecular flexibility index (Phi) is 8.29. The minimum Gasteiger partial charge on any atom is -0.462 e. The smallest absolute Gasteiger partial charge is 0.303 e. The monoisotopic (exact) mass is 610 g/mol. The van der Waals surface area contributed by atoms with Gasteiger partial charge in [0, 0.05) is 58.8 Å². The summed E-state index contributed by atoms with van der Waals surface area (Å²) in [5.41, 5.74) is -5.77. The van der Waals surface area contributed by atoms with E-state index >= 15 is 0 Å². The molecule has 3 fully saturated rings. The zero-order chi connectivity index (χ0) is 32.4. The van der Waals surface area contributed by atoms with Crippen LogP contribution in [0.15, 0.2) is 11.1 Å². The first kappa shape index (κ1) is 32.9. The number of aliphatic hydroxyl groups is 2. The Labute approximate surface area is 250 Å². The van der Waals surface area contributed by atoms with Crippen LogP contribution in [-0.4, -0.2) is 94.5 Å². The summed E-state index contributed by atoms with van der Waals surface area (Å²) in [5, 5.41) is 25.2. The van der Waals surface area contributed by atoms with Gasteiger partial charge in [0.15, 0.2) is 0 Å². The Morgan fingerprint density at radius 3 is 1.70 bits per heavy atom. The second-order valence-electron chi connectivity index (χ2n) is 13.0. The van der Waals surface area contributed by atoms with Crippen LogP contribution in [0.25, 0.3) is 0 Å². The molecule has 0 aromatic rings. The van der Waals surface area contributed by atoms with Crippen molar-refractivity contribution in [2.45, 2.75) is 123 Å². The molecule has 2 bridgehead atoms. The predicted molar refractivity (Wildman–Crippen MR) is 145 cm³/mol. The average molecular weight is 611 g/mol. The van der Waals surface area contributed by atoms with E-state index < -0.39 is 94.4 Å². The van der Waals surface area contributed by atoms with Gasteiger partial charge >= 0.3 is 29.8 Å². The van der Waals surface area contributed by atoms with Crippen LogP contribution >= 0.6 is 0 Å². The summed E-state index contributed by atoms with van der Waals surface area (Å²) in [7, 11) is 0. The maximum atomic E-state index is 12.9. The topological polar surface area (TPSA) is 184 Å². The van der Waals surface area contributed by atoms with E-state index in [0.717, 1.165) is 13.8 Å². The molecule has 0 radical (unpaired) electrons. The maximum absolute atomic E-state index is 12.9. The van der Waals surface area contributed by atoms with Crippen LogP contribution in [0.5, 0.6) is 0 Å². The summed E-state index contributed by atoms with van der Waals surface area (Å²) in [6.07, 6.45) is -8.16. The van der Waals surface area contributed by atoms with Crippen LogP contribution < -0.4 is 0 Å². The molecular weight excluding hydrogens is 568 g/mol. The molecule has 0 amide bonds. The molecule has 2 N–H and O–H groups in total. The molecule has 1 saturated heterocycles. The quantitative estimate of drug-likeness (QED) is 0.197. The van der Waals surface area contributed by atoms with Gasteiger partial charge in [-0.2, -0.15) is 0 Å². The third-order valence-corrected chi connectivity index (χ3v) is 9.98. The van der Waals surface area contributed by atoms with Crippen LogP contribution in [0.4, 0.5) is 0 Å². The standard InChI is InChI=1S/C30H42O13/c1-13-19(39-14(2)31)11-30(37)26(43-18(6)35)24-28(9,25(42-17(5)34)23(36)22(13)27(30,7)8)20(40-15(3)32)10-21(41-16(4)33)29(24)12-38-29/h19-21,23-26,36-37H,10-12H2,1-9H3/t19-,20-,21-,23+,24-,25-,26+,28+,29+,30+/m0/s1. The van der Waals surface area contributed by atoms with Crippen molar-refractivity contribution in [3.8, 4) is 0 Å². The largest absolute Gasteiger partial charge is 0.462 e. The summed E-state index contributed by atoms with van der Waals surface area (Å²) in [6, 6.07) is 0. The number of hydrogen-bond acceptors (Lipinski definition) is 13. The molecule has 13 nitrogen and oxygen atoms in total. The van der Waals surface area contributed by atoms with E-state index in [1.165, 1.54) is 20.8 Å². The van der Waals surface area contributed by atoms with E-state index in [1.807, 2.05) is 0 Å². The number of aliphatic hydroxyl groups excluding tert-OH is 1. The molecule has 1 heterocycles. The van der Waals surface area contributed by atoms with Gasteiger partial charge < -0.3 is 38.6 Å². The Hall–Kier alpha value is -3.03. The van der Waals surface area contributed by atoms with Crippen molar-refractivity contribution in [1.29, 1.82) is 0 Å². The fourth-order valence-electron chi connectivity index (χ4n) is 8.17. The first-order valence-corrected chi connectivity index (χ1v) is 14.4. The highest BCUT2D eigenvalue weighted by atomic mass is 16.6. The molecule has 240 valence electrons. The molecule has 0 aromatic heterocycles. The number of ether oxygens (including phenoxy) is 6. The lowest BCUT2D eigenvalue weighted by atomic mass is 9.45. The fraction of sp³-hybridized carbons (Fsp3) is 0.767. The van der Waals surface area contributed by atoms with Gasteiger partial charge in [-0.3, -0.25) is 24.0 Å². The van der Waals surface area contributed by atoms with Gasteiger partial charge in [0.1, 0.15) is 47.8 Å². The predicted octanol–water partition coefficient (Wildman–Crippen LogP) is 1.29. The minimum atomic E-state index is -2.04. The molecule has 1 aliphatic heterocycles. The van der Waals surface area contributed by atoms with Gasteiger partial charge in [-0.15, -0.1) is 0 Å². The molecule has 10 atom stereocenters. The SMILES string of the molecule is CC(=O)O[C@H]1C[C@@]2(O)[C@H](OC(C)=O)[C@@H]3[C@@]4(CO4)[C@@H](OC(C)=O)C[C@H](OC(C)=O)[C@@]3(C)[C@@H](OC(C)=O)[C@H](O)C(=C1C)C2(C)C. The highest BCUT2D eigenvalue weighted by molar-refractivity contribution is 5.69. The highest BCUT2D eigenvalue weighted by Gasteiger charge is 2.79. The second-order valence-corrected chi connectivity index (χ2v) is 13.0. The number of epoxide rings is 1. The number of carbonyl (C=O) groups excluding carboxylic acids is 5. The van der Waals surface area contributed by atoms with Crippen molar-refractivity contribution >= 4 is 29.8 Å². The fourth-order valence-corrected chi connectivity index (χ4v) is 8.17. The van der Waals surface area contributed by atoms with Crippen LogP contribution in [0.2, 0.25) is 0 Å².